The van der Waals surface area contributed by atoms with E-state index in [4.69, 9.17) is 5.73 Å². The summed E-state index contributed by atoms with van der Waals surface area (Å²) in [5.41, 5.74) is 6.55. The smallest absolute Gasteiger partial charge is 0.0819 e. The van der Waals surface area contributed by atoms with Gasteiger partial charge in [-0.2, -0.15) is 0 Å². The molecule has 0 saturated heterocycles. The molecule has 0 amide bonds. The highest BCUT2D eigenvalue weighted by Crippen LogP contribution is 2.36. The molecule has 3 N–H and O–H groups in total. The maximum absolute atomic E-state index is 9.77. The first-order valence-corrected chi connectivity index (χ1v) is 5.40. The Labute approximate surface area is 81.8 Å². The fraction of sp³-hybridized carbons (Fsp3) is 0.667. The van der Waals surface area contributed by atoms with E-state index in [1.807, 2.05) is 0 Å². The van der Waals surface area contributed by atoms with E-state index in [1.54, 1.807) is 6.20 Å². The molecule has 0 saturated carbocycles. The van der Waals surface area contributed by atoms with Crippen LogP contribution in [0.2, 0.25) is 0 Å². The van der Waals surface area contributed by atoms with Gasteiger partial charge in [0.15, 0.2) is 0 Å². The lowest BCUT2D eigenvalue weighted by Crippen LogP contribution is -2.19. The Morgan fingerprint density at radius 3 is 3.31 bits per heavy atom. The second-order valence-electron chi connectivity index (χ2n) is 3.60. The molecule has 0 spiro atoms. The molecule has 0 radical (unpaired) electrons. The Bertz CT molecular complexity index is 287. The van der Waals surface area contributed by atoms with Crippen LogP contribution in [0.25, 0.3) is 0 Å². The molecule has 2 unspecified atom stereocenters. The van der Waals surface area contributed by atoms with Gasteiger partial charge in [-0.3, -0.25) is 0 Å². The van der Waals surface area contributed by atoms with E-state index in [0.29, 0.717) is 12.5 Å². The maximum Gasteiger partial charge on any atom is 0.0819 e. The summed E-state index contributed by atoms with van der Waals surface area (Å²) in [6, 6.07) is 0. The first kappa shape index (κ1) is 9.12. The quantitative estimate of drug-likeness (QED) is 0.747. The molecule has 13 heavy (non-hydrogen) atoms. The molecule has 4 heteroatoms. The van der Waals surface area contributed by atoms with Crippen LogP contribution in [0.1, 0.15) is 29.4 Å². The van der Waals surface area contributed by atoms with Gasteiger partial charge in [-0.15, -0.1) is 0 Å². The van der Waals surface area contributed by atoms with Crippen LogP contribution in [0.15, 0.2) is 6.20 Å². The third kappa shape index (κ3) is 1.75. The molecular weight excluding hydrogens is 184 g/mol. The molecule has 1 aromatic rings. The van der Waals surface area contributed by atoms with E-state index in [1.165, 1.54) is 16.4 Å². The summed E-state index contributed by atoms with van der Waals surface area (Å²) < 4.78 is 4.10. The normalized spacial score (nSPS) is 27.2. The van der Waals surface area contributed by atoms with Gasteiger partial charge < -0.3 is 10.8 Å². The standard InChI is InChI=1S/C9H14N2OS/c10-2-1-6-3-8(12)7-5-11-13-9(7)4-6/h5-6,8,12H,1-4,10H2. The van der Waals surface area contributed by atoms with Crippen molar-refractivity contribution in [2.75, 3.05) is 6.54 Å². The van der Waals surface area contributed by atoms with Crippen molar-refractivity contribution in [1.82, 2.24) is 4.37 Å². The molecule has 2 atom stereocenters. The van der Waals surface area contributed by atoms with E-state index >= 15 is 0 Å². The predicted octanol–water partition coefficient (Wildman–Crippen LogP) is 1.09. The predicted molar refractivity (Wildman–Crippen MR) is 52.6 cm³/mol. The molecule has 1 aromatic heterocycles. The molecule has 1 heterocycles. The fourth-order valence-corrected chi connectivity index (χ4v) is 2.84. The van der Waals surface area contributed by atoms with Gasteiger partial charge in [-0.25, -0.2) is 4.37 Å². The van der Waals surface area contributed by atoms with Crippen molar-refractivity contribution in [2.24, 2.45) is 11.7 Å². The van der Waals surface area contributed by atoms with Crippen LogP contribution >= 0.6 is 11.5 Å². The van der Waals surface area contributed by atoms with Gasteiger partial charge in [0.05, 0.1) is 6.10 Å². The zero-order valence-corrected chi connectivity index (χ0v) is 8.26. The van der Waals surface area contributed by atoms with E-state index < -0.39 is 0 Å². The highest BCUT2D eigenvalue weighted by Gasteiger charge is 2.26. The van der Waals surface area contributed by atoms with Crippen molar-refractivity contribution in [1.29, 1.82) is 0 Å². The molecular formula is C9H14N2OS. The van der Waals surface area contributed by atoms with Gasteiger partial charge in [0.25, 0.3) is 0 Å². The molecule has 0 aromatic carbocycles. The average molecular weight is 198 g/mol. The second kappa shape index (κ2) is 3.74. The number of fused-ring (bicyclic) bond motifs is 1. The molecule has 2 rings (SSSR count). The van der Waals surface area contributed by atoms with Gasteiger partial charge in [0, 0.05) is 16.6 Å². The van der Waals surface area contributed by atoms with Crippen molar-refractivity contribution >= 4 is 11.5 Å². The van der Waals surface area contributed by atoms with Crippen LogP contribution in [0.3, 0.4) is 0 Å². The zero-order chi connectivity index (χ0) is 9.26. The van der Waals surface area contributed by atoms with Gasteiger partial charge in [0.1, 0.15) is 0 Å². The number of rotatable bonds is 2. The largest absolute Gasteiger partial charge is 0.388 e. The first-order chi connectivity index (χ1) is 6.31. The van der Waals surface area contributed by atoms with Crippen molar-refractivity contribution in [2.45, 2.75) is 25.4 Å². The molecule has 72 valence electrons. The summed E-state index contributed by atoms with van der Waals surface area (Å²) in [6.45, 7) is 0.714. The summed E-state index contributed by atoms with van der Waals surface area (Å²) in [5, 5.41) is 9.77. The number of aliphatic hydroxyl groups excluding tert-OH is 1. The van der Waals surface area contributed by atoms with Crippen LogP contribution in [0.4, 0.5) is 0 Å². The van der Waals surface area contributed by atoms with Crippen LogP contribution in [-0.4, -0.2) is 16.0 Å². The van der Waals surface area contributed by atoms with Crippen LogP contribution < -0.4 is 5.73 Å². The van der Waals surface area contributed by atoms with Crippen molar-refractivity contribution in [3.63, 3.8) is 0 Å². The minimum absolute atomic E-state index is 0.306. The number of aliphatic hydroxyl groups is 1. The Hall–Kier alpha value is -0.450. The topological polar surface area (TPSA) is 59.1 Å². The highest BCUT2D eigenvalue weighted by atomic mass is 32.1. The average Bonchev–Trinajstić information content (AvgIpc) is 2.53. The van der Waals surface area contributed by atoms with Gasteiger partial charge >= 0.3 is 0 Å². The third-order valence-electron chi connectivity index (χ3n) is 2.64. The minimum atomic E-state index is -0.306. The molecule has 3 nitrogen and oxygen atoms in total. The lowest BCUT2D eigenvalue weighted by atomic mass is 9.85. The Kier molecular flexibility index (Phi) is 2.62. The highest BCUT2D eigenvalue weighted by molar-refractivity contribution is 7.05. The molecule has 1 aliphatic rings. The fourth-order valence-electron chi connectivity index (χ4n) is 1.94. The number of hydrogen-bond donors (Lipinski definition) is 2. The summed E-state index contributed by atoms with van der Waals surface area (Å²) >= 11 is 1.51. The van der Waals surface area contributed by atoms with E-state index in [0.717, 1.165) is 24.8 Å². The van der Waals surface area contributed by atoms with E-state index in [9.17, 15) is 5.11 Å². The second-order valence-corrected chi connectivity index (χ2v) is 4.49. The van der Waals surface area contributed by atoms with Crippen molar-refractivity contribution in [3.8, 4) is 0 Å². The summed E-state index contributed by atoms with van der Waals surface area (Å²) in [5.74, 6) is 0.549. The Morgan fingerprint density at radius 2 is 2.54 bits per heavy atom. The lowest BCUT2D eigenvalue weighted by molar-refractivity contribution is 0.131. The number of nitrogens with two attached hydrogens (primary N) is 1. The third-order valence-corrected chi connectivity index (χ3v) is 3.47. The van der Waals surface area contributed by atoms with Gasteiger partial charge in [0.2, 0.25) is 0 Å². The number of hydrogen-bond acceptors (Lipinski definition) is 4. The minimum Gasteiger partial charge on any atom is -0.388 e. The van der Waals surface area contributed by atoms with Crippen LogP contribution in [0, 0.1) is 5.92 Å². The number of aromatic nitrogens is 1. The zero-order valence-electron chi connectivity index (χ0n) is 7.44. The first-order valence-electron chi connectivity index (χ1n) is 4.63. The molecule has 1 aliphatic carbocycles. The van der Waals surface area contributed by atoms with Crippen molar-refractivity contribution < 1.29 is 5.11 Å². The van der Waals surface area contributed by atoms with E-state index in [-0.39, 0.29) is 6.10 Å². The molecule has 0 bridgehead atoms. The molecule has 0 fully saturated rings. The maximum atomic E-state index is 9.77. The summed E-state index contributed by atoms with van der Waals surface area (Å²) in [4.78, 5) is 1.25. The lowest BCUT2D eigenvalue weighted by Gasteiger charge is -2.24. The monoisotopic (exact) mass is 198 g/mol. The van der Waals surface area contributed by atoms with Crippen LogP contribution in [-0.2, 0) is 6.42 Å². The Morgan fingerprint density at radius 1 is 1.69 bits per heavy atom. The molecule has 0 aliphatic heterocycles. The van der Waals surface area contributed by atoms with Crippen molar-refractivity contribution in [3.05, 3.63) is 16.6 Å². The Balaban J connectivity index is 2.14. The number of nitrogens with zero attached hydrogens (tertiary/aromatic N) is 1. The SMILES string of the molecule is NCCC1Cc2sncc2C(O)C1. The van der Waals surface area contributed by atoms with E-state index in [2.05, 4.69) is 4.37 Å². The van der Waals surface area contributed by atoms with Crippen LogP contribution in [0.5, 0.6) is 0 Å². The van der Waals surface area contributed by atoms with Gasteiger partial charge in [-0.05, 0) is 43.3 Å². The summed E-state index contributed by atoms with van der Waals surface area (Å²) in [7, 11) is 0. The summed E-state index contributed by atoms with van der Waals surface area (Å²) in [6.07, 6.45) is 4.40. The van der Waals surface area contributed by atoms with Gasteiger partial charge in [-0.1, -0.05) is 0 Å².